The number of esters is 1. The molecule has 0 heterocycles. The van der Waals surface area contributed by atoms with E-state index < -0.39 is 6.04 Å². The van der Waals surface area contributed by atoms with Crippen molar-refractivity contribution in [2.75, 3.05) is 12.4 Å². The number of nitrogens with one attached hydrogen (secondary N) is 1. The molecule has 4 nitrogen and oxygen atoms in total. The Bertz CT molecular complexity index is 489. The van der Waals surface area contributed by atoms with E-state index >= 15 is 0 Å². The number of carbonyl (C=O) groups is 1. The van der Waals surface area contributed by atoms with Crippen LogP contribution in [0.4, 0.5) is 5.69 Å². The standard InChI is InChI=1S/C15H20N2O2/c1-10(2)7-14(15(18)19-4)17-13-6-5-11(3)8-12(13)9-16/h5-6,8,10,14,17H,7H2,1-4H3. The lowest BCUT2D eigenvalue weighted by Gasteiger charge is -2.20. The van der Waals surface area contributed by atoms with Crippen LogP contribution in [0.3, 0.4) is 0 Å². The van der Waals surface area contributed by atoms with Crippen molar-refractivity contribution in [1.82, 2.24) is 0 Å². The molecule has 1 aromatic rings. The highest BCUT2D eigenvalue weighted by atomic mass is 16.5. The maximum Gasteiger partial charge on any atom is 0.328 e. The van der Waals surface area contributed by atoms with Crippen molar-refractivity contribution in [3.05, 3.63) is 29.3 Å². The minimum atomic E-state index is -0.431. The number of aryl methyl sites for hydroxylation is 1. The molecule has 19 heavy (non-hydrogen) atoms. The maximum atomic E-state index is 11.8. The molecule has 0 aliphatic rings. The Balaban J connectivity index is 2.96. The SMILES string of the molecule is COC(=O)C(CC(C)C)Nc1ccc(C)cc1C#N. The van der Waals surface area contributed by atoms with Gasteiger partial charge in [-0.3, -0.25) is 0 Å². The Morgan fingerprint density at radius 2 is 2.16 bits per heavy atom. The topological polar surface area (TPSA) is 62.1 Å². The first-order valence-electron chi connectivity index (χ1n) is 6.33. The summed E-state index contributed by atoms with van der Waals surface area (Å²) in [5, 5.41) is 12.2. The summed E-state index contributed by atoms with van der Waals surface area (Å²) in [7, 11) is 1.37. The number of rotatable bonds is 5. The van der Waals surface area contributed by atoms with E-state index in [0.717, 1.165) is 5.56 Å². The van der Waals surface area contributed by atoms with Gasteiger partial charge in [0, 0.05) is 0 Å². The van der Waals surface area contributed by atoms with Gasteiger partial charge < -0.3 is 10.1 Å². The third-order valence-electron chi connectivity index (χ3n) is 2.82. The second kappa shape index (κ2) is 6.79. The molecule has 1 unspecified atom stereocenters. The van der Waals surface area contributed by atoms with Gasteiger partial charge in [-0.2, -0.15) is 5.26 Å². The quantitative estimate of drug-likeness (QED) is 0.827. The van der Waals surface area contributed by atoms with E-state index in [1.54, 1.807) is 6.07 Å². The van der Waals surface area contributed by atoms with Crippen LogP contribution in [-0.2, 0) is 9.53 Å². The summed E-state index contributed by atoms with van der Waals surface area (Å²) >= 11 is 0. The Kier molecular flexibility index (Phi) is 5.37. The molecule has 1 N–H and O–H groups in total. The van der Waals surface area contributed by atoms with Crippen molar-refractivity contribution < 1.29 is 9.53 Å². The summed E-state index contributed by atoms with van der Waals surface area (Å²) in [6, 6.07) is 7.24. The molecule has 102 valence electrons. The smallest absolute Gasteiger partial charge is 0.328 e. The lowest BCUT2D eigenvalue weighted by Crippen LogP contribution is -2.32. The molecule has 0 bridgehead atoms. The molecule has 0 aliphatic heterocycles. The fourth-order valence-electron chi connectivity index (χ4n) is 1.89. The lowest BCUT2D eigenvalue weighted by molar-refractivity contribution is -0.141. The van der Waals surface area contributed by atoms with Crippen molar-refractivity contribution in [3.8, 4) is 6.07 Å². The molecule has 0 amide bonds. The number of hydrogen-bond acceptors (Lipinski definition) is 4. The number of carbonyl (C=O) groups excluding carboxylic acids is 1. The van der Waals surface area contributed by atoms with Crippen LogP contribution in [0.1, 0.15) is 31.4 Å². The van der Waals surface area contributed by atoms with Crippen LogP contribution in [0, 0.1) is 24.2 Å². The Labute approximate surface area is 114 Å². The van der Waals surface area contributed by atoms with Crippen LogP contribution >= 0.6 is 0 Å². The van der Waals surface area contributed by atoms with Gasteiger partial charge in [0.05, 0.1) is 18.4 Å². The van der Waals surface area contributed by atoms with Gasteiger partial charge in [-0.1, -0.05) is 19.9 Å². The largest absolute Gasteiger partial charge is 0.467 e. The van der Waals surface area contributed by atoms with E-state index in [0.29, 0.717) is 23.6 Å². The van der Waals surface area contributed by atoms with Crippen LogP contribution in [0.25, 0.3) is 0 Å². The number of anilines is 1. The van der Waals surface area contributed by atoms with E-state index in [9.17, 15) is 4.79 Å². The molecule has 1 atom stereocenters. The second-order valence-corrected chi connectivity index (χ2v) is 5.01. The van der Waals surface area contributed by atoms with Gasteiger partial charge in [-0.15, -0.1) is 0 Å². The third-order valence-corrected chi connectivity index (χ3v) is 2.82. The van der Waals surface area contributed by atoms with E-state index in [-0.39, 0.29) is 5.97 Å². The first-order valence-corrected chi connectivity index (χ1v) is 6.33. The van der Waals surface area contributed by atoms with Crippen molar-refractivity contribution >= 4 is 11.7 Å². The minimum Gasteiger partial charge on any atom is -0.467 e. The molecule has 4 heteroatoms. The molecule has 0 aliphatic carbocycles. The van der Waals surface area contributed by atoms with Crippen molar-refractivity contribution in [1.29, 1.82) is 5.26 Å². The molecule has 0 radical (unpaired) electrons. The zero-order valence-electron chi connectivity index (χ0n) is 11.9. The van der Waals surface area contributed by atoms with Gasteiger partial charge in [0.1, 0.15) is 12.1 Å². The highest BCUT2D eigenvalue weighted by Gasteiger charge is 2.21. The molecule has 0 saturated heterocycles. The summed E-state index contributed by atoms with van der Waals surface area (Å²) in [5.74, 6) is 0.0470. The Morgan fingerprint density at radius 1 is 1.47 bits per heavy atom. The number of ether oxygens (including phenoxy) is 1. The normalized spacial score (nSPS) is 11.8. The van der Waals surface area contributed by atoms with E-state index in [1.165, 1.54) is 7.11 Å². The summed E-state index contributed by atoms with van der Waals surface area (Å²) in [6.45, 7) is 6.01. The van der Waals surface area contributed by atoms with Gasteiger partial charge in [-0.25, -0.2) is 4.79 Å². The van der Waals surface area contributed by atoms with Gasteiger partial charge in [0.25, 0.3) is 0 Å². The van der Waals surface area contributed by atoms with Gasteiger partial charge in [0.15, 0.2) is 0 Å². The summed E-state index contributed by atoms with van der Waals surface area (Å²) < 4.78 is 4.80. The van der Waals surface area contributed by atoms with Crippen LogP contribution in [-0.4, -0.2) is 19.1 Å². The Morgan fingerprint density at radius 3 is 2.68 bits per heavy atom. The van der Waals surface area contributed by atoms with Crippen LogP contribution in [0.15, 0.2) is 18.2 Å². The summed E-state index contributed by atoms with van der Waals surface area (Å²) in [5.41, 5.74) is 2.22. The van der Waals surface area contributed by atoms with Crippen molar-refractivity contribution in [2.24, 2.45) is 5.92 Å². The molecule has 0 aromatic heterocycles. The molecule has 0 saturated carbocycles. The fourth-order valence-corrected chi connectivity index (χ4v) is 1.89. The molecular formula is C15H20N2O2. The van der Waals surface area contributed by atoms with Gasteiger partial charge in [0.2, 0.25) is 0 Å². The van der Waals surface area contributed by atoms with Crippen molar-refractivity contribution in [2.45, 2.75) is 33.2 Å². The van der Waals surface area contributed by atoms with Crippen molar-refractivity contribution in [3.63, 3.8) is 0 Å². The molecule has 0 fully saturated rings. The number of nitrogens with zero attached hydrogens (tertiary/aromatic N) is 1. The van der Waals surface area contributed by atoms with Gasteiger partial charge >= 0.3 is 5.97 Å². The Hall–Kier alpha value is -2.02. The monoisotopic (exact) mass is 260 g/mol. The predicted octanol–water partition coefficient (Wildman–Crippen LogP) is 2.87. The zero-order chi connectivity index (χ0) is 14.4. The van der Waals surface area contributed by atoms with Crippen LogP contribution < -0.4 is 5.32 Å². The van der Waals surface area contributed by atoms with E-state index in [2.05, 4.69) is 11.4 Å². The highest BCUT2D eigenvalue weighted by Crippen LogP contribution is 2.19. The average Bonchev–Trinajstić information content (AvgIpc) is 2.38. The zero-order valence-corrected chi connectivity index (χ0v) is 11.9. The maximum absolute atomic E-state index is 11.8. The molecular weight excluding hydrogens is 240 g/mol. The van der Waals surface area contributed by atoms with Crippen LogP contribution in [0.2, 0.25) is 0 Å². The number of hydrogen-bond donors (Lipinski definition) is 1. The molecule has 1 aromatic carbocycles. The van der Waals surface area contributed by atoms with E-state index in [1.807, 2.05) is 32.9 Å². The molecule has 0 spiro atoms. The predicted molar refractivity (Wildman–Crippen MR) is 74.8 cm³/mol. The van der Waals surface area contributed by atoms with Crippen LogP contribution in [0.5, 0.6) is 0 Å². The highest BCUT2D eigenvalue weighted by molar-refractivity contribution is 5.80. The number of methoxy groups -OCH3 is 1. The molecule has 1 rings (SSSR count). The first kappa shape index (κ1) is 15.0. The number of nitriles is 1. The first-order chi connectivity index (χ1) is 8.97. The minimum absolute atomic E-state index is 0.307. The average molecular weight is 260 g/mol. The third kappa shape index (κ3) is 4.29. The number of benzene rings is 1. The fraction of sp³-hybridized carbons (Fsp3) is 0.467. The summed E-state index contributed by atoms with van der Waals surface area (Å²) in [4.78, 5) is 11.8. The second-order valence-electron chi connectivity index (χ2n) is 5.01. The van der Waals surface area contributed by atoms with E-state index in [4.69, 9.17) is 10.00 Å². The summed E-state index contributed by atoms with van der Waals surface area (Å²) in [6.07, 6.45) is 0.658. The lowest BCUT2D eigenvalue weighted by atomic mass is 10.0. The van der Waals surface area contributed by atoms with Gasteiger partial charge in [-0.05, 0) is 37.0 Å².